The summed E-state index contributed by atoms with van der Waals surface area (Å²) in [6.07, 6.45) is 3.62. The Hall–Kier alpha value is -3.12. The Morgan fingerprint density at radius 2 is 1.93 bits per heavy atom. The van der Waals surface area contributed by atoms with Crippen LogP contribution in [0.4, 0.5) is 4.39 Å². The van der Waals surface area contributed by atoms with Crippen LogP contribution >= 0.6 is 0 Å². The van der Waals surface area contributed by atoms with Gasteiger partial charge in [0.05, 0.1) is 12.2 Å². The smallest absolute Gasteiger partial charge is 0.253 e. The number of allylic oxidation sites excluding steroid dienone is 1. The van der Waals surface area contributed by atoms with Crippen LogP contribution in [0.5, 0.6) is 11.5 Å². The molecule has 0 spiro atoms. The minimum absolute atomic E-state index is 0.169. The Balaban J connectivity index is 2.00. The number of carbonyl (C=O) groups excluding carboxylic acids is 1. The van der Waals surface area contributed by atoms with E-state index in [9.17, 15) is 9.18 Å². The van der Waals surface area contributed by atoms with Crippen LogP contribution in [0.1, 0.15) is 19.4 Å². The van der Waals surface area contributed by atoms with Gasteiger partial charge in [-0.2, -0.15) is 0 Å². The molecule has 0 saturated carbocycles. The average molecular weight is 398 g/mol. The van der Waals surface area contributed by atoms with Crippen molar-refractivity contribution in [1.82, 2.24) is 5.32 Å². The fourth-order valence-corrected chi connectivity index (χ4v) is 2.60. The predicted molar refractivity (Wildman–Crippen MR) is 112 cm³/mol. The van der Waals surface area contributed by atoms with Gasteiger partial charge in [0, 0.05) is 19.4 Å². The molecule has 2 aromatic rings. The summed E-state index contributed by atoms with van der Waals surface area (Å²) in [6.45, 7) is 4.57. The first-order chi connectivity index (χ1) is 13.9. The number of nitrogens with one attached hydrogen (secondary N) is 1. The molecule has 1 amide bonds. The molecule has 0 heterocycles. The third kappa shape index (κ3) is 7.43. The van der Waals surface area contributed by atoms with Crippen LogP contribution in [0, 0.1) is 11.7 Å². The highest BCUT2D eigenvalue weighted by molar-refractivity contribution is 5.96. The molecule has 0 bridgehead atoms. The average Bonchev–Trinajstić information content (AvgIpc) is 2.68. The third-order valence-electron chi connectivity index (χ3n) is 4.09. The predicted octanol–water partition coefficient (Wildman–Crippen LogP) is 4.31. The van der Waals surface area contributed by atoms with Gasteiger partial charge in [-0.3, -0.25) is 4.79 Å². The highest BCUT2D eigenvalue weighted by Crippen LogP contribution is 2.22. The van der Waals surface area contributed by atoms with E-state index in [0.29, 0.717) is 35.9 Å². The van der Waals surface area contributed by atoms with E-state index in [-0.39, 0.29) is 17.6 Å². The quantitative estimate of drug-likeness (QED) is 0.488. The maximum absolute atomic E-state index is 13.0. The molecule has 2 aromatic carbocycles. The zero-order valence-corrected chi connectivity index (χ0v) is 16.9. The summed E-state index contributed by atoms with van der Waals surface area (Å²) in [5.74, 6) is 0.728. The van der Waals surface area contributed by atoms with Crippen molar-refractivity contribution in [2.24, 2.45) is 11.7 Å². The number of halogens is 1. The Labute approximate surface area is 171 Å². The van der Waals surface area contributed by atoms with Crippen molar-refractivity contribution in [2.75, 3.05) is 13.7 Å². The Kier molecular flexibility index (Phi) is 8.43. The largest absolute Gasteiger partial charge is 0.457 e. The molecule has 0 aliphatic heterocycles. The van der Waals surface area contributed by atoms with Gasteiger partial charge in [-0.05, 0) is 54.8 Å². The number of ether oxygens (including phenoxy) is 2. The van der Waals surface area contributed by atoms with Crippen LogP contribution in [0.15, 0.2) is 72.0 Å². The van der Waals surface area contributed by atoms with Gasteiger partial charge in [-0.15, -0.1) is 0 Å². The number of hydrogen-bond acceptors (Lipinski definition) is 4. The second-order valence-corrected chi connectivity index (χ2v) is 6.77. The summed E-state index contributed by atoms with van der Waals surface area (Å²) in [7, 11) is 1.63. The molecule has 0 radical (unpaired) electrons. The number of rotatable bonds is 9. The van der Waals surface area contributed by atoms with Gasteiger partial charge >= 0.3 is 0 Å². The van der Waals surface area contributed by atoms with Gasteiger partial charge in [0.15, 0.2) is 0 Å². The SMILES string of the molecule is COCC(C)/C=C\C(C(=O)NCc1cccc(Oc2ccc(F)cc2)c1)=C(/C)N. The summed E-state index contributed by atoms with van der Waals surface area (Å²) in [6, 6.07) is 13.1. The van der Waals surface area contributed by atoms with Gasteiger partial charge in [0.2, 0.25) is 0 Å². The second kappa shape index (κ2) is 11.0. The lowest BCUT2D eigenvalue weighted by molar-refractivity contribution is -0.117. The van der Waals surface area contributed by atoms with Crippen LogP contribution in [-0.4, -0.2) is 19.6 Å². The molecule has 0 saturated heterocycles. The number of carbonyl (C=O) groups is 1. The maximum atomic E-state index is 13.0. The highest BCUT2D eigenvalue weighted by atomic mass is 19.1. The monoisotopic (exact) mass is 398 g/mol. The fraction of sp³-hybridized carbons (Fsp3) is 0.261. The zero-order chi connectivity index (χ0) is 21.2. The van der Waals surface area contributed by atoms with Gasteiger partial charge in [-0.25, -0.2) is 4.39 Å². The lowest BCUT2D eigenvalue weighted by atomic mass is 10.1. The van der Waals surface area contributed by atoms with Gasteiger partial charge in [-0.1, -0.05) is 31.2 Å². The molecule has 29 heavy (non-hydrogen) atoms. The van der Waals surface area contributed by atoms with Crippen molar-refractivity contribution in [3.8, 4) is 11.5 Å². The van der Waals surface area contributed by atoms with Crippen LogP contribution in [0.3, 0.4) is 0 Å². The van der Waals surface area contributed by atoms with Crippen molar-refractivity contribution >= 4 is 5.91 Å². The molecule has 2 rings (SSSR count). The second-order valence-electron chi connectivity index (χ2n) is 6.77. The zero-order valence-electron chi connectivity index (χ0n) is 16.9. The van der Waals surface area contributed by atoms with Crippen molar-refractivity contribution in [1.29, 1.82) is 0 Å². The normalized spacial score (nSPS) is 13.1. The van der Waals surface area contributed by atoms with Crippen LogP contribution in [0.25, 0.3) is 0 Å². The van der Waals surface area contributed by atoms with Gasteiger partial charge in [0.1, 0.15) is 17.3 Å². The molecule has 0 aliphatic rings. The van der Waals surface area contributed by atoms with E-state index >= 15 is 0 Å². The molecule has 0 aliphatic carbocycles. The van der Waals surface area contributed by atoms with E-state index < -0.39 is 0 Å². The first-order valence-electron chi connectivity index (χ1n) is 9.33. The first kappa shape index (κ1) is 22.2. The lowest BCUT2D eigenvalue weighted by Gasteiger charge is -2.11. The summed E-state index contributed by atoms with van der Waals surface area (Å²) >= 11 is 0. The van der Waals surface area contributed by atoms with Crippen LogP contribution < -0.4 is 15.8 Å². The maximum Gasteiger partial charge on any atom is 0.253 e. The number of hydrogen-bond donors (Lipinski definition) is 2. The Morgan fingerprint density at radius 3 is 2.59 bits per heavy atom. The molecule has 0 fully saturated rings. The molecule has 1 atom stereocenters. The number of nitrogens with two attached hydrogens (primary N) is 1. The molecular formula is C23H27FN2O3. The van der Waals surface area contributed by atoms with E-state index in [1.54, 1.807) is 38.3 Å². The van der Waals surface area contributed by atoms with E-state index in [4.69, 9.17) is 15.2 Å². The molecule has 3 N–H and O–H groups in total. The Morgan fingerprint density at radius 1 is 1.21 bits per heavy atom. The first-order valence-corrected chi connectivity index (χ1v) is 9.33. The van der Waals surface area contributed by atoms with E-state index in [1.165, 1.54) is 12.1 Å². The van der Waals surface area contributed by atoms with Crippen molar-refractivity contribution in [2.45, 2.75) is 20.4 Å². The molecule has 6 heteroatoms. The summed E-state index contributed by atoms with van der Waals surface area (Å²) < 4.78 is 23.8. The minimum Gasteiger partial charge on any atom is -0.457 e. The lowest BCUT2D eigenvalue weighted by Crippen LogP contribution is -2.25. The van der Waals surface area contributed by atoms with Crippen molar-refractivity contribution < 1.29 is 18.7 Å². The van der Waals surface area contributed by atoms with Gasteiger partial charge < -0.3 is 20.5 Å². The van der Waals surface area contributed by atoms with E-state index in [1.807, 2.05) is 31.2 Å². The third-order valence-corrected chi connectivity index (χ3v) is 4.09. The van der Waals surface area contributed by atoms with E-state index in [0.717, 1.165) is 5.56 Å². The minimum atomic E-state index is -0.321. The molecular weight excluding hydrogens is 371 g/mol. The molecule has 5 nitrogen and oxygen atoms in total. The molecule has 154 valence electrons. The Bertz CT molecular complexity index is 872. The standard InChI is InChI=1S/C23H27FN2O3/c1-16(15-28-3)7-12-22(17(2)25)23(27)26-14-18-5-4-6-21(13-18)29-20-10-8-19(24)9-11-20/h4-13,16H,14-15,25H2,1-3H3,(H,26,27)/b12-7-,22-17-. The topological polar surface area (TPSA) is 73.6 Å². The van der Waals surface area contributed by atoms with Crippen molar-refractivity contribution in [3.05, 3.63) is 83.3 Å². The number of methoxy groups -OCH3 is 1. The van der Waals surface area contributed by atoms with Crippen LogP contribution in [0.2, 0.25) is 0 Å². The van der Waals surface area contributed by atoms with Crippen LogP contribution in [-0.2, 0) is 16.1 Å². The fourth-order valence-electron chi connectivity index (χ4n) is 2.60. The molecule has 1 unspecified atom stereocenters. The number of amides is 1. The molecule has 0 aromatic heterocycles. The summed E-state index contributed by atoms with van der Waals surface area (Å²) in [5.41, 5.74) is 7.61. The van der Waals surface area contributed by atoms with E-state index in [2.05, 4.69) is 5.32 Å². The highest BCUT2D eigenvalue weighted by Gasteiger charge is 2.10. The number of benzene rings is 2. The van der Waals surface area contributed by atoms with Crippen molar-refractivity contribution in [3.63, 3.8) is 0 Å². The summed E-state index contributed by atoms with van der Waals surface area (Å²) in [4.78, 5) is 12.5. The summed E-state index contributed by atoms with van der Waals surface area (Å²) in [5, 5.41) is 2.87. The van der Waals surface area contributed by atoms with Gasteiger partial charge in [0.25, 0.3) is 5.91 Å².